The Labute approximate surface area is 157 Å². The zero-order valence-electron chi connectivity index (χ0n) is 15.2. The van der Waals surface area contributed by atoms with E-state index in [4.69, 9.17) is 9.47 Å². The quantitative estimate of drug-likeness (QED) is 0.658. The molecule has 0 heterocycles. The summed E-state index contributed by atoms with van der Waals surface area (Å²) in [5, 5.41) is 3.46. The van der Waals surface area contributed by atoms with Crippen LogP contribution in [0, 0.1) is 5.82 Å². The van der Waals surface area contributed by atoms with E-state index in [9.17, 15) is 4.39 Å². The van der Waals surface area contributed by atoms with Gasteiger partial charge in [0.05, 0.1) is 11.1 Å². The second-order valence-electron chi connectivity index (χ2n) is 6.86. The zero-order valence-corrected chi connectivity index (χ0v) is 16.7. The predicted octanol–water partition coefficient (Wildman–Crippen LogP) is 5.45. The van der Waals surface area contributed by atoms with Gasteiger partial charge in [-0.15, -0.1) is 0 Å². The Morgan fingerprint density at radius 3 is 2.32 bits per heavy atom. The first-order valence-corrected chi connectivity index (χ1v) is 9.15. The molecular weight excluding hydrogens is 385 g/mol. The van der Waals surface area contributed by atoms with Crippen molar-refractivity contribution in [2.24, 2.45) is 0 Å². The van der Waals surface area contributed by atoms with Crippen LogP contribution in [0.5, 0.6) is 11.5 Å². The lowest BCUT2D eigenvalue weighted by atomic mass is 10.1. The Morgan fingerprint density at radius 2 is 1.72 bits per heavy atom. The highest BCUT2D eigenvalue weighted by Gasteiger charge is 2.14. The number of nitrogens with one attached hydrogen (secondary N) is 1. The third-order valence-corrected chi connectivity index (χ3v) is 4.08. The molecule has 0 bridgehead atoms. The van der Waals surface area contributed by atoms with Crippen molar-refractivity contribution in [2.45, 2.75) is 46.4 Å². The normalized spacial score (nSPS) is 11.4. The molecule has 2 aromatic rings. The molecule has 0 aliphatic rings. The zero-order chi connectivity index (χ0) is 18.4. The SMILES string of the molecule is CCOc1cc(CNC(C)(C)C)cc(Br)c1OCc1ccc(F)cc1. The van der Waals surface area contributed by atoms with Crippen LogP contribution in [0.2, 0.25) is 0 Å². The maximum absolute atomic E-state index is 13.0. The molecule has 0 spiro atoms. The molecule has 0 unspecified atom stereocenters. The molecule has 25 heavy (non-hydrogen) atoms. The van der Waals surface area contributed by atoms with Crippen LogP contribution in [-0.2, 0) is 13.2 Å². The second-order valence-corrected chi connectivity index (χ2v) is 7.71. The molecule has 0 aliphatic carbocycles. The third kappa shape index (κ3) is 6.33. The van der Waals surface area contributed by atoms with Crippen LogP contribution in [0.3, 0.4) is 0 Å². The van der Waals surface area contributed by atoms with Crippen molar-refractivity contribution in [3.63, 3.8) is 0 Å². The molecule has 0 amide bonds. The first-order valence-electron chi connectivity index (χ1n) is 8.36. The first kappa shape index (κ1) is 19.7. The fraction of sp³-hybridized carbons (Fsp3) is 0.400. The fourth-order valence-corrected chi connectivity index (χ4v) is 2.83. The Hall–Kier alpha value is -1.59. The molecule has 0 saturated carbocycles. The van der Waals surface area contributed by atoms with Gasteiger partial charge in [-0.2, -0.15) is 0 Å². The van der Waals surface area contributed by atoms with Gasteiger partial charge in [0, 0.05) is 12.1 Å². The Kier molecular flexibility index (Phi) is 6.85. The lowest BCUT2D eigenvalue weighted by molar-refractivity contribution is 0.267. The molecular formula is C20H25BrFNO2. The summed E-state index contributed by atoms with van der Waals surface area (Å²) in [5.41, 5.74) is 2.05. The van der Waals surface area contributed by atoms with Crippen LogP contribution in [0.1, 0.15) is 38.8 Å². The van der Waals surface area contributed by atoms with Gasteiger partial charge in [0.2, 0.25) is 0 Å². The monoisotopic (exact) mass is 409 g/mol. The Morgan fingerprint density at radius 1 is 1.04 bits per heavy atom. The van der Waals surface area contributed by atoms with Gasteiger partial charge in [-0.25, -0.2) is 4.39 Å². The summed E-state index contributed by atoms with van der Waals surface area (Å²) >= 11 is 3.58. The maximum Gasteiger partial charge on any atom is 0.175 e. The molecule has 0 radical (unpaired) electrons. The summed E-state index contributed by atoms with van der Waals surface area (Å²) in [4.78, 5) is 0. The number of hydrogen-bond acceptors (Lipinski definition) is 3. The Balaban J connectivity index is 2.16. The van der Waals surface area contributed by atoms with Gasteiger partial charge >= 0.3 is 0 Å². The average molecular weight is 410 g/mol. The molecule has 1 N–H and O–H groups in total. The third-order valence-electron chi connectivity index (χ3n) is 3.49. The number of benzene rings is 2. The molecule has 2 aromatic carbocycles. The van der Waals surface area contributed by atoms with Crippen molar-refractivity contribution in [1.82, 2.24) is 5.32 Å². The van der Waals surface area contributed by atoms with Gasteiger partial charge in [0.15, 0.2) is 11.5 Å². The van der Waals surface area contributed by atoms with Crippen molar-refractivity contribution in [1.29, 1.82) is 0 Å². The molecule has 3 nitrogen and oxygen atoms in total. The molecule has 5 heteroatoms. The lowest BCUT2D eigenvalue weighted by Crippen LogP contribution is -2.35. The summed E-state index contributed by atoms with van der Waals surface area (Å²) in [6, 6.07) is 10.3. The van der Waals surface area contributed by atoms with Crippen LogP contribution in [-0.4, -0.2) is 12.1 Å². The minimum absolute atomic E-state index is 0.0377. The molecule has 2 rings (SSSR count). The van der Waals surface area contributed by atoms with Crippen LogP contribution >= 0.6 is 15.9 Å². The molecule has 0 aromatic heterocycles. The predicted molar refractivity (Wildman–Crippen MR) is 103 cm³/mol. The molecule has 0 saturated heterocycles. The van der Waals surface area contributed by atoms with E-state index in [1.165, 1.54) is 12.1 Å². The maximum atomic E-state index is 13.0. The van der Waals surface area contributed by atoms with Crippen molar-refractivity contribution in [2.75, 3.05) is 6.61 Å². The average Bonchev–Trinajstić information content (AvgIpc) is 2.53. The highest BCUT2D eigenvalue weighted by Crippen LogP contribution is 2.37. The van der Waals surface area contributed by atoms with E-state index in [0.717, 1.165) is 22.1 Å². The first-order chi connectivity index (χ1) is 11.8. The van der Waals surface area contributed by atoms with Gasteiger partial charge in [-0.3, -0.25) is 0 Å². The smallest absolute Gasteiger partial charge is 0.175 e. The standard InChI is InChI=1S/C20H25BrFNO2/c1-5-24-18-11-15(12-23-20(2,3)4)10-17(21)19(18)25-13-14-6-8-16(22)9-7-14/h6-11,23H,5,12-13H2,1-4H3. The van der Waals surface area contributed by atoms with Crippen LogP contribution in [0.25, 0.3) is 0 Å². The summed E-state index contributed by atoms with van der Waals surface area (Å²) in [6.07, 6.45) is 0. The van der Waals surface area contributed by atoms with Gasteiger partial charge in [0.1, 0.15) is 12.4 Å². The summed E-state index contributed by atoms with van der Waals surface area (Å²) in [6.45, 7) is 9.97. The van der Waals surface area contributed by atoms with E-state index in [2.05, 4.69) is 42.0 Å². The Bertz CT molecular complexity index is 696. The van der Waals surface area contributed by atoms with Crippen molar-refractivity contribution in [3.8, 4) is 11.5 Å². The lowest BCUT2D eigenvalue weighted by Gasteiger charge is -2.21. The van der Waals surface area contributed by atoms with E-state index in [1.54, 1.807) is 12.1 Å². The highest BCUT2D eigenvalue weighted by molar-refractivity contribution is 9.10. The van der Waals surface area contributed by atoms with Crippen LogP contribution in [0.15, 0.2) is 40.9 Å². The minimum Gasteiger partial charge on any atom is -0.490 e. The van der Waals surface area contributed by atoms with Gasteiger partial charge in [0.25, 0.3) is 0 Å². The highest BCUT2D eigenvalue weighted by atomic mass is 79.9. The topological polar surface area (TPSA) is 30.5 Å². The summed E-state index contributed by atoms with van der Waals surface area (Å²) < 4.78 is 25.5. The second kappa shape index (κ2) is 8.68. The van der Waals surface area contributed by atoms with E-state index >= 15 is 0 Å². The minimum atomic E-state index is -0.254. The van der Waals surface area contributed by atoms with Crippen molar-refractivity contribution in [3.05, 3.63) is 57.8 Å². The number of ether oxygens (including phenoxy) is 2. The number of halogens is 2. The van der Waals surface area contributed by atoms with Gasteiger partial charge in [-0.1, -0.05) is 12.1 Å². The van der Waals surface area contributed by atoms with Crippen LogP contribution < -0.4 is 14.8 Å². The van der Waals surface area contributed by atoms with Crippen molar-refractivity contribution < 1.29 is 13.9 Å². The molecule has 0 atom stereocenters. The van der Waals surface area contributed by atoms with Gasteiger partial charge < -0.3 is 14.8 Å². The fourth-order valence-electron chi connectivity index (χ4n) is 2.23. The summed E-state index contributed by atoms with van der Waals surface area (Å²) in [7, 11) is 0. The summed E-state index contributed by atoms with van der Waals surface area (Å²) in [5.74, 6) is 1.10. The molecule has 136 valence electrons. The van der Waals surface area contributed by atoms with Crippen LogP contribution in [0.4, 0.5) is 4.39 Å². The van der Waals surface area contributed by atoms with E-state index < -0.39 is 0 Å². The van der Waals surface area contributed by atoms with E-state index in [1.807, 2.05) is 19.1 Å². The van der Waals surface area contributed by atoms with E-state index in [0.29, 0.717) is 24.7 Å². The van der Waals surface area contributed by atoms with Gasteiger partial charge in [-0.05, 0) is 79.0 Å². The largest absolute Gasteiger partial charge is 0.490 e. The molecule has 0 fully saturated rings. The number of hydrogen-bond donors (Lipinski definition) is 1. The van der Waals surface area contributed by atoms with Crippen molar-refractivity contribution >= 4 is 15.9 Å². The number of rotatable bonds is 7. The molecule has 0 aliphatic heterocycles. The van der Waals surface area contributed by atoms with E-state index in [-0.39, 0.29) is 11.4 Å².